The molecule has 0 amide bonds. The maximum absolute atomic E-state index is 6.13. The van der Waals surface area contributed by atoms with Crippen LogP contribution in [-0.4, -0.2) is 23.8 Å². The first-order valence-corrected chi connectivity index (χ1v) is 7.31. The van der Waals surface area contributed by atoms with E-state index >= 15 is 0 Å². The van der Waals surface area contributed by atoms with Crippen molar-refractivity contribution in [3.8, 4) is 11.3 Å². The van der Waals surface area contributed by atoms with Crippen molar-refractivity contribution in [1.82, 2.24) is 10.2 Å². The fourth-order valence-electron chi connectivity index (χ4n) is 3.24. The SMILES string of the molecule is CN1CCCc2cc(-c3n[nH]c4cccc(N)c34)ccc21. The molecule has 4 nitrogen and oxygen atoms in total. The standard InChI is InChI=1S/C17H18N4/c1-21-9-3-4-11-10-12(7-8-15(11)21)17-16-13(18)5-2-6-14(16)19-20-17/h2,5-8,10H,3-4,9,18H2,1H3,(H,19,20). The van der Waals surface area contributed by atoms with Crippen LogP contribution in [0, 0.1) is 0 Å². The number of nitrogens with one attached hydrogen (secondary N) is 1. The first-order chi connectivity index (χ1) is 10.2. The number of nitrogens with zero attached hydrogens (tertiary/aromatic N) is 2. The molecule has 2 heterocycles. The molecule has 0 aliphatic carbocycles. The number of aromatic amines is 1. The Hall–Kier alpha value is -2.49. The highest BCUT2D eigenvalue weighted by Gasteiger charge is 2.16. The Bertz CT molecular complexity index is 819. The van der Waals surface area contributed by atoms with Gasteiger partial charge in [0, 0.05) is 30.5 Å². The van der Waals surface area contributed by atoms with E-state index in [1.807, 2.05) is 18.2 Å². The molecule has 1 aliphatic rings. The van der Waals surface area contributed by atoms with Crippen molar-refractivity contribution in [2.75, 3.05) is 24.2 Å². The number of aromatic nitrogens is 2. The molecule has 4 rings (SSSR count). The minimum atomic E-state index is 0.770. The lowest BCUT2D eigenvalue weighted by Crippen LogP contribution is -2.24. The van der Waals surface area contributed by atoms with Gasteiger partial charge in [0.15, 0.2) is 0 Å². The van der Waals surface area contributed by atoms with Crippen LogP contribution in [0.2, 0.25) is 0 Å². The molecule has 0 fully saturated rings. The molecule has 0 saturated carbocycles. The number of aryl methyl sites for hydroxylation is 1. The van der Waals surface area contributed by atoms with Gasteiger partial charge in [-0.15, -0.1) is 0 Å². The Morgan fingerprint density at radius 3 is 3.05 bits per heavy atom. The zero-order valence-corrected chi connectivity index (χ0v) is 12.1. The Kier molecular flexibility index (Phi) is 2.64. The predicted octanol–water partition coefficient (Wildman–Crippen LogP) is 3.19. The smallest absolute Gasteiger partial charge is 0.102 e. The summed E-state index contributed by atoms with van der Waals surface area (Å²) >= 11 is 0. The van der Waals surface area contributed by atoms with E-state index in [4.69, 9.17) is 5.73 Å². The summed E-state index contributed by atoms with van der Waals surface area (Å²) in [6.07, 6.45) is 2.34. The average molecular weight is 278 g/mol. The van der Waals surface area contributed by atoms with Gasteiger partial charge in [-0.25, -0.2) is 0 Å². The van der Waals surface area contributed by atoms with E-state index in [9.17, 15) is 0 Å². The van der Waals surface area contributed by atoms with Crippen molar-refractivity contribution in [1.29, 1.82) is 0 Å². The maximum Gasteiger partial charge on any atom is 0.102 e. The molecule has 0 saturated heterocycles. The van der Waals surface area contributed by atoms with Crippen molar-refractivity contribution >= 4 is 22.3 Å². The fourth-order valence-corrected chi connectivity index (χ4v) is 3.24. The van der Waals surface area contributed by atoms with Crippen LogP contribution in [0.3, 0.4) is 0 Å². The molecule has 0 atom stereocenters. The number of nitrogens with two attached hydrogens (primary N) is 1. The molecule has 2 aromatic carbocycles. The number of H-pyrrole nitrogens is 1. The van der Waals surface area contributed by atoms with Gasteiger partial charge >= 0.3 is 0 Å². The van der Waals surface area contributed by atoms with E-state index in [0.717, 1.165) is 40.8 Å². The Morgan fingerprint density at radius 2 is 2.14 bits per heavy atom. The Labute approximate surface area is 123 Å². The van der Waals surface area contributed by atoms with E-state index in [2.05, 4.69) is 40.3 Å². The van der Waals surface area contributed by atoms with Crippen LogP contribution in [-0.2, 0) is 6.42 Å². The molecule has 1 aromatic heterocycles. The van der Waals surface area contributed by atoms with Gasteiger partial charge in [0.25, 0.3) is 0 Å². The van der Waals surface area contributed by atoms with Crippen LogP contribution in [0.15, 0.2) is 36.4 Å². The normalized spacial score (nSPS) is 14.4. The van der Waals surface area contributed by atoms with E-state index in [-0.39, 0.29) is 0 Å². The van der Waals surface area contributed by atoms with Gasteiger partial charge in [-0.1, -0.05) is 12.1 Å². The third-order valence-corrected chi connectivity index (χ3v) is 4.33. The lowest BCUT2D eigenvalue weighted by molar-refractivity contribution is 0.745. The van der Waals surface area contributed by atoms with Gasteiger partial charge in [-0.3, -0.25) is 5.10 Å². The van der Waals surface area contributed by atoms with Crippen LogP contribution in [0.25, 0.3) is 22.2 Å². The zero-order valence-electron chi connectivity index (χ0n) is 12.1. The summed E-state index contributed by atoms with van der Waals surface area (Å²) in [4.78, 5) is 2.32. The number of fused-ring (bicyclic) bond motifs is 2. The number of hydrogen-bond acceptors (Lipinski definition) is 3. The second kappa shape index (κ2) is 4.52. The van der Waals surface area contributed by atoms with E-state index in [1.165, 1.54) is 17.7 Å². The van der Waals surface area contributed by atoms with Gasteiger partial charge < -0.3 is 10.6 Å². The van der Waals surface area contributed by atoms with Gasteiger partial charge in [0.2, 0.25) is 0 Å². The highest BCUT2D eigenvalue weighted by atomic mass is 15.1. The number of benzene rings is 2. The first kappa shape index (κ1) is 12.3. The van der Waals surface area contributed by atoms with Gasteiger partial charge in [0.1, 0.15) is 5.69 Å². The molecule has 4 heteroatoms. The summed E-state index contributed by atoms with van der Waals surface area (Å²) in [5.74, 6) is 0. The van der Waals surface area contributed by atoms with Crippen molar-refractivity contribution in [3.63, 3.8) is 0 Å². The number of rotatable bonds is 1. The Balaban J connectivity index is 1.90. The Morgan fingerprint density at radius 1 is 1.24 bits per heavy atom. The minimum Gasteiger partial charge on any atom is -0.398 e. The molecular weight excluding hydrogens is 260 g/mol. The second-order valence-electron chi connectivity index (χ2n) is 5.71. The molecule has 0 radical (unpaired) electrons. The first-order valence-electron chi connectivity index (χ1n) is 7.31. The molecule has 0 unspecified atom stereocenters. The van der Waals surface area contributed by atoms with E-state index in [1.54, 1.807) is 0 Å². The van der Waals surface area contributed by atoms with E-state index < -0.39 is 0 Å². The largest absolute Gasteiger partial charge is 0.398 e. The van der Waals surface area contributed by atoms with Crippen molar-refractivity contribution in [2.24, 2.45) is 0 Å². The molecule has 3 N–H and O–H groups in total. The van der Waals surface area contributed by atoms with Gasteiger partial charge in [-0.05, 0) is 42.7 Å². The molecule has 0 bridgehead atoms. The number of hydrogen-bond donors (Lipinski definition) is 2. The summed E-state index contributed by atoms with van der Waals surface area (Å²) in [5.41, 5.74) is 12.7. The number of anilines is 2. The maximum atomic E-state index is 6.13. The van der Waals surface area contributed by atoms with Crippen LogP contribution in [0.4, 0.5) is 11.4 Å². The predicted molar refractivity (Wildman–Crippen MR) is 87.5 cm³/mol. The summed E-state index contributed by atoms with van der Waals surface area (Å²) in [6, 6.07) is 12.5. The summed E-state index contributed by atoms with van der Waals surface area (Å²) < 4.78 is 0. The van der Waals surface area contributed by atoms with Gasteiger partial charge in [-0.2, -0.15) is 5.10 Å². The highest BCUT2D eigenvalue weighted by Crippen LogP contribution is 2.34. The number of nitrogen functional groups attached to an aromatic ring is 1. The molecule has 0 spiro atoms. The third-order valence-electron chi connectivity index (χ3n) is 4.33. The summed E-state index contributed by atoms with van der Waals surface area (Å²) in [6.45, 7) is 1.13. The van der Waals surface area contributed by atoms with Crippen LogP contribution >= 0.6 is 0 Å². The molecule has 106 valence electrons. The average Bonchev–Trinajstić information content (AvgIpc) is 2.93. The highest BCUT2D eigenvalue weighted by molar-refractivity contribution is 6.01. The van der Waals surface area contributed by atoms with Crippen molar-refractivity contribution in [3.05, 3.63) is 42.0 Å². The summed E-state index contributed by atoms with van der Waals surface area (Å²) in [5, 5.41) is 8.57. The quantitative estimate of drug-likeness (QED) is 0.672. The molecule has 1 aliphatic heterocycles. The molecular formula is C17H18N4. The lowest BCUT2D eigenvalue weighted by atomic mass is 9.97. The lowest BCUT2D eigenvalue weighted by Gasteiger charge is -2.27. The van der Waals surface area contributed by atoms with Crippen molar-refractivity contribution < 1.29 is 0 Å². The van der Waals surface area contributed by atoms with Crippen molar-refractivity contribution in [2.45, 2.75) is 12.8 Å². The van der Waals surface area contributed by atoms with Gasteiger partial charge in [0.05, 0.1) is 10.9 Å². The van der Waals surface area contributed by atoms with E-state index in [0.29, 0.717) is 0 Å². The second-order valence-corrected chi connectivity index (χ2v) is 5.71. The minimum absolute atomic E-state index is 0.770. The zero-order chi connectivity index (χ0) is 14.4. The molecule has 21 heavy (non-hydrogen) atoms. The fraction of sp³-hybridized carbons (Fsp3) is 0.235. The van der Waals surface area contributed by atoms with Crippen LogP contribution in [0.5, 0.6) is 0 Å². The topological polar surface area (TPSA) is 57.9 Å². The third kappa shape index (κ3) is 1.87. The molecule has 3 aromatic rings. The monoisotopic (exact) mass is 278 g/mol. The van der Waals surface area contributed by atoms with Crippen LogP contribution < -0.4 is 10.6 Å². The van der Waals surface area contributed by atoms with Crippen LogP contribution in [0.1, 0.15) is 12.0 Å². The summed E-state index contributed by atoms with van der Waals surface area (Å²) in [7, 11) is 2.15.